The van der Waals surface area contributed by atoms with E-state index in [0.29, 0.717) is 19.3 Å². The highest BCUT2D eigenvalue weighted by Crippen LogP contribution is 2.38. The molecule has 1 aliphatic carbocycles. The first kappa shape index (κ1) is 11.9. The Bertz CT molecular complexity index is 678. The van der Waals surface area contributed by atoms with E-state index in [0.717, 1.165) is 17.4 Å². The minimum absolute atomic E-state index is 0.114. The molecule has 0 saturated heterocycles. The third-order valence-electron chi connectivity index (χ3n) is 4.13. The fraction of sp³-hybridized carbons (Fsp3) is 0.294. The molecular formula is C17H15NO. The van der Waals surface area contributed by atoms with Crippen molar-refractivity contribution in [2.75, 3.05) is 0 Å². The van der Waals surface area contributed by atoms with E-state index in [9.17, 15) is 10.1 Å². The van der Waals surface area contributed by atoms with Crippen molar-refractivity contribution in [3.63, 3.8) is 0 Å². The number of carbonyl (C=O) groups is 1. The van der Waals surface area contributed by atoms with Crippen molar-refractivity contribution in [1.82, 2.24) is 0 Å². The predicted molar refractivity (Wildman–Crippen MR) is 74.6 cm³/mol. The summed E-state index contributed by atoms with van der Waals surface area (Å²) in [6, 6.07) is 16.5. The van der Waals surface area contributed by atoms with Crippen LogP contribution in [0.25, 0.3) is 10.8 Å². The molecule has 2 aromatic rings. The maximum atomic E-state index is 12.0. The van der Waals surface area contributed by atoms with Crippen LogP contribution in [0.4, 0.5) is 0 Å². The first-order chi connectivity index (χ1) is 9.25. The molecule has 0 radical (unpaired) electrons. The summed E-state index contributed by atoms with van der Waals surface area (Å²) >= 11 is 0. The van der Waals surface area contributed by atoms with Crippen LogP contribution in [-0.2, 0) is 11.2 Å². The van der Waals surface area contributed by atoms with Crippen LogP contribution in [0.15, 0.2) is 42.5 Å². The molecule has 0 N–H and O–H groups in total. The Hall–Kier alpha value is -2.14. The van der Waals surface area contributed by atoms with E-state index in [-0.39, 0.29) is 5.78 Å². The highest BCUT2D eigenvalue weighted by molar-refractivity contribution is 5.91. The van der Waals surface area contributed by atoms with Crippen LogP contribution in [0.2, 0.25) is 0 Å². The molecule has 2 nitrogen and oxygen atoms in total. The van der Waals surface area contributed by atoms with Crippen molar-refractivity contribution in [1.29, 1.82) is 5.26 Å². The third kappa shape index (κ3) is 1.92. The lowest BCUT2D eigenvalue weighted by Gasteiger charge is -2.19. The minimum Gasteiger partial charge on any atom is -0.298 e. The summed E-state index contributed by atoms with van der Waals surface area (Å²) in [5.41, 5.74) is 0.319. The number of Topliss-reactive ketones (excluding diaryl/α,β-unsaturated/α-hetero) is 1. The second-order valence-electron chi connectivity index (χ2n) is 5.29. The SMILES string of the molecule is N#CC1(Cc2cccc3ccccc23)CCCC1=O. The Balaban J connectivity index is 2.07. The normalized spacial score (nSPS) is 22.6. The van der Waals surface area contributed by atoms with E-state index in [4.69, 9.17) is 0 Å². The Morgan fingerprint density at radius 2 is 1.95 bits per heavy atom. The Morgan fingerprint density at radius 1 is 1.16 bits per heavy atom. The molecule has 1 saturated carbocycles. The molecule has 0 spiro atoms. The molecule has 2 aromatic carbocycles. The molecule has 0 amide bonds. The number of nitriles is 1. The number of hydrogen-bond acceptors (Lipinski definition) is 2. The lowest BCUT2D eigenvalue weighted by molar-refractivity contribution is -0.123. The Labute approximate surface area is 112 Å². The number of hydrogen-bond donors (Lipinski definition) is 0. The van der Waals surface area contributed by atoms with Crippen LogP contribution in [0.3, 0.4) is 0 Å². The average molecular weight is 249 g/mol. The summed E-state index contributed by atoms with van der Waals surface area (Å²) in [4.78, 5) is 12.0. The largest absolute Gasteiger partial charge is 0.298 e. The molecule has 19 heavy (non-hydrogen) atoms. The zero-order valence-electron chi connectivity index (χ0n) is 10.7. The van der Waals surface area contributed by atoms with Gasteiger partial charge in [-0.1, -0.05) is 42.5 Å². The summed E-state index contributed by atoms with van der Waals surface area (Å²) < 4.78 is 0. The van der Waals surface area contributed by atoms with Crippen molar-refractivity contribution in [3.8, 4) is 6.07 Å². The molecule has 1 fully saturated rings. The number of rotatable bonds is 2. The summed E-state index contributed by atoms with van der Waals surface area (Å²) in [5.74, 6) is 0.114. The number of ketones is 1. The molecule has 0 aliphatic heterocycles. The molecule has 3 rings (SSSR count). The molecule has 2 heteroatoms. The molecule has 94 valence electrons. The minimum atomic E-state index is -0.788. The van der Waals surface area contributed by atoms with Crippen molar-refractivity contribution in [3.05, 3.63) is 48.0 Å². The molecule has 0 bridgehead atoms. The molecule has 1 atom stereocenters. The van der Waals surface area contributed by atoms with Gasteiger partial charge in [0.25, 0.3) is 0 Å². The van der Waals surface area contributed by atoms with Gasteiger partial charge in [-0.15, -0.1) is 0 Å². The van der Waals surface area contributed by atoms with E-state index in [1.807, 2.05) is 24.3 Å². The van der Waals surface area contributed by atoms with Gasteiger partial charge in [0, 0.05) is 6.42 Å². The van der Waals surface area contributed by atoms with Gasteiger partial charge < -0.3 is 0 Å². The lowest BCUT2D eigenvalue weighted by Crippen LogP contribution is -2.26. The quantitative estimate of drug-likeness (QED) is 0.815. The van der Waals surface area contributed by atoms with Gasteiger partial charge >= 0.3 is 0 Å². The number of carbonyl (C=O) groups excluding carboxylic acids is 1. The van der Waals surface area contributed by atoms with E-state index in [2.05, 4.69) is 24.3 Å². The third-order valence-corrected chi connectivity index (χ3v) is 4.13. The molecule has 0 heterocycles. The van der Waals surface area contributed by atoms with Gasteiger partial charge in [0.1, 0.15) is 5.41 Å². The molecule has 1 unspecified atom stereocenters. The highest BCUT2D eigenvalue weighted by atomic mass is 16.1. The summed E-state index contributed by atoms with van der Waals surface area (Å²) in [6.07, 6.45) is 2.64. The van der Waals surface area contributed by atoms with Crippen LogP contribution in [0.5, 0.6) is 0 Å². The van der Waals surface area contributed by atoms with Crippen LogP contribution in [0.1, 0.15) is 24.8 Å². The number of nitrogens with zero attached hydrogens (tertiary/aromatic N) is 1. The number of fused-ring (bicyclic) bond motifs is 1. The Kier molecular flexibility index (Phi) is 2.83. The molecule has 0 aromatic heterocycles. The fourth-order valence-corrected chi connectivity index (χ4v) is 3.05. The van der Waals surface area contributed by atoms with E-state index in [1.165, 1.54) is 5.39 Å². The topological polar surface area (TPSA) is 40.9 Å². The van der Waals surface area contributed by atoms with Gasteiger partial charge in [-0.3, -0.25) is 4.79 Å². The maximum absolute atomic E-state index is 12.0. The first-order valence-electron chi connectivity index (χ1n) is 6.66. The van der Waals surface area contributed by atoms with Crippen molar-refractivity contribution < 1.29 is 4.79 Å². The number of benzene rings is 2. The first-order valence-corrected chi connectivity index (χ1v) is 6.66. The van der Waals surface area contributed by atoms with Gasteiger partial charge in [-0.25, -0.2) is 0 Å². The lowest BCUT2D eigenvalue weighted by atomic mass is 9.79. The maximum Gasteiger partial charge on any atom is 0.153 e. The van der Waals surface area contributed by atoms with Crippen LogP contribution >= 0.6 is 0 Å². The van der Waals surface area contributed by atoms with Gasteiger partial charge in [0.15, 0.2) is 5.78 Å². The van der Waals surface area contributed by atoms with Gasteiger partial charge in [0.2, 0.25) is 0 Å². The molecular weight excluding hydrogens is 234 g/mol. The summed E-state index contributed by atoms with van der Waals surface area (Å²) in [5, 5.41) is 11.8. The van der Waals surface area contributed by atoms with E-state index >= 15 is 0 Å². The predicted octanol–water partition coefficient (Wildman–Crippen LogP) is 3.65. The van der Waals surface area contributed by atoms with Gasteiger partial charge in [-0.05, 0) is 35.6 Å². The fourth-order valence-electron chi connectivity index (χ4n) is 3.05. The van der Waals surface area contributed by atoms with E-state index in [1.54, 1.807) is 0 Å². The van der Waals surface area contributed by atoms with Gasteiger partial charge in [-0.2, -0.15) is 5.26 Å². The second-order valence-corrected chi connectivity index (χ2v) is 5.29. The van der Waals surface area contributed by atoms with Crippen LogP contribution in [-0.4, -0.2) is 5.78 Å². The zero-order chi connectivity index (χ0) is 13.3. The van der Waals surface area contributed by atoms with E-state index < -0.39 is 5.41 Å². The van der Waals surface area contributed by atoms with Crippen molar-refractivity contribution >= 4 is 16.6 Å². The second kappa shape index (κ2) is 4.51. The summed E-state index contributed by atoms with van der Waals surface area (Å²) in [7, 11) is 0. The van der Waals surface area contributed by atoms with Gasteiger partial charge in [0.05, 0.1) is 6.07 Å². The van der Waals surface area contributed by atoms with Crippen molar-refractivity contribution in [2.24, 2.45) is 5.41 Å². The summed E-state index contributed by atoms with van der Waals surface area (Å²) in [6.45, 7) is 0. The standard InChI is InChI=1S/C17H15NO/c18-12-17(10-4-9-16(17)19)11-14-7-3-6-13-5-1-2-8-15(13)14/h1-3,5-8H,4,9-11H2. The highest BCUT2D eigenvalue weighted by Gasteiger charge is 2.42. The van der Waals surface area contributed by atoms with Crippen LogP contribution < -0.4 is 0 Å². The van der Waals surface area contributed by atoms with Crippen molar-refractivity contribution in [2.45, 2.75) is 25.7 Å². The molecule has 1 aliphatic rings. The zero-order valence-corrected chi connectivity index (χ0v) is 10.7. The average Bonchev–Trinajstić information content (AvgIpc) is 2.81. The Morgan fingerprint density at radius 3 is 2.68 bits per heavy atom. The van der Waals surface area contributed by atoms with Crippen LogP contribution in [0, 0.1) is 16.7 Å². The monoisotopic (exact) mass is 249 g/mol. The smallest absolute Gasteiger partial charge is 0.153 e.